The first kappa shape index (κ1) is 34.3. The smallest absolute Gasteiger partial charge is 0.341 e. The topological polar surface area (TPSA) is 153 Å². The van der Waals surface area contributed by atoms with Gasteiger partial charge in [0.1, 0.15) is 17.1 Å². The first-order chi connectivity index (χ1) is 18.7. The number of benzene rings is 1. The fourth-order valence-corrected chi connectivity index (χ4v) is 5.07. The molecule has 1 aliphatic carbocycles. The van der Waals surface area contributed by atoms with Crippen molar-refractivity contribution in [1.82, 2.24) is 9.88 Å². The van der Waals surface area contributed by atoms with Gasteiger partial charge in [0, 0.05) is 25.3 Å². The second-order valence-electron chi connectivity index (χ2n) is 10.1. The van der Waals surface area contributed by atoms with Gasteiger partial charge in [0.05, 0.1) is 30.6 Å². The predicted molar refractivity (Wildman–Crippen MR) is 158 cm³/mol. The SMILES string of the molecule is COc1c(N2CCC/C(=C(\F)CNC(=O)[C@@H](N)CCCCN)C2)c(F)cc2c(=O)c(C(=O)O)cn(C3CC3)c12.Cl.Cl. The molecule has 0 radical (unpaired) electrons. The third kappa shape index (κ3) is 7.48. The molecule has 0 unspecified atom stereocenters. The Hall–Kier alpha value is -2.93. The lowest BCUT2D eigenvalue weighted by molar-refractivity contribution is -0.122. The summed E-state index contributed by atoms with van der Waals surface area (Å²) in [5.74, 6) is -3.01. The van der Waals surface area contributed by atoms with Crippen LogP contribution in [0.25, 0.3) is 10.9 Å². The van der Waals surface area contributed by atoms with Crippen LogP contribution < -0.4 is 31.8 Å². The number of carbonyl (C=O) groups is 2. The number of nitrogens with zero attached hydrogens (tertiary/aromatic N) is 2. The number of hydrogen-bond acceptors (Lipinski definition) is 7. The van der Waals surface area contributed by atoms with E-state index in [9.17, 15) is 19.5 Å². The largest absolute Gasteiger partial charge is 0.492 e. The molecule has 2 fully saturated rings. The highest BCUT2D eigenvalue weighted by molar-refractivity contribution is 5.97. The zero-order chi connectivity index (χ0) is 28.3. The molecule has 10 nitrogen and oxygen atoms in total. The van der Waals surface area contributed by atoms with Crippen molar-refractivity contribution in [1.29, 1.82) is 0 Å². The molecule has 14 heteroatoms. The first-order valence-electron chi connectivity index (χ1n) is 13.2. The first-order valence-corrected chi connectivity index (χ1v) is 13.2. The lowest BCUT2D eigenvalue weighted by Crippen LogP contribution is -2.41. The van der Waals surface area contributed by atoms with Crippen LogP contribution in [-0.4, -0.2) is 60.9 Å². The number of methoxy groups -OCH3 is 1. The second kappa shape index (κ2) is 14.8. The maximum absolute atomic E-state index is 15.6. The number of carbonyl (C=O) groups excluding carboxylic acids is 1. The summed E-state index contributed by atoms with van der Waals surface area (Å²) >= 11 is 0. The van der Waals surface area contributed by atoms with Crippen LogP contribution >= 0.6 is 24.8 Å². The zero-order valence-corrected chi connectivity index (χ0v) is 24.4. The zero-order valence-electron chi connectivity index (χ0n) is 22.8. The van der Waals surface area contributed by atoms with Gasteiger partial charge in [-0.05, 0) is 56.7 Å². The van der Waals surface area contributed by atoms with Crippen LogP contribution in [-0.2, 0) is 4.79 Å². The molecule has 1 aliphatic heterocycles. The lowest BCUT2D eigenvalue weighted by atomic mass is 10.0. The van der Waals surface area contributed by atoms with Gasteiger partial charge in [-0.1, -0.05) is 6.42 Å². The van der Waals surface area contributed by atoms with Crippen LogP contribution in [0.15, 0.2) is 28.5 Å². The van der Waals surface area contributed by atoms with Crippen LogP contribution in [0.3, 0.4) is 0 Å². The Morgan fingerprint density at radius 3 is 2.59 bits per heavy atom. The van der Waals surface area contributed by atoms with Crippen molar-refractivity contribution in [3.05, 3.63) is 45.3 Å². The number of carboxylic acid groups (broad SMARTS) is 1. The van der Waals surface area contributed by atoms with E-state index in [0.717, 1.165) is 25.3 Å². The monoisotopic (exact) mass is 619 g/mol. The molecule has 1 aromatic heterocycles. The molecule has 41 heavy (non-hydrogen) atoms. The highest BCUT2D eigenvalue weighted by atomic mass is 35.5. The van der Waals surface area contributed by atoms with Gasteiger partial charge in [0.2, 0.25) is 11.3 Å². The summed E-state index contributed by atoms with van der Waals surface area (Å²) in [6.45, 7) is 0.665. The summed E-state index contributed by atoms with van der Waals surface area (Å²) in [6, 6.07) is 0.262. The molecule has 1 saturated heterocycles. The van der Waals surface area contributed by atoms with E-state index >= 15 is 8.78 Å². The fraction of sp³-hybridized carbons (Fsp3) is 0.519. The van der Waals surface area contributed by atoms with Gasteiger partial charge in [0.25, 0.3) is 0 Å². The predicted octanol–water partition coefficient (Wildman–Crippen LogP) is 3.42. The molecule has 1 atom stereocenters. The van der Waals surface area contributed by atoms with E-state index in [2.05, 4.69) is 5.32 Å². The van der Waals surface area contributed by atoms with Crippen LogP contribution in [0.5, 0.6) is 5.75 Å². The quantitative estimate of drug-likeness (QED) is 0.279. The maximum atomic E-state index is 15.6. The standard InChI is InChI=1S/C27H35F2N5O5.2ClH/c1-39-25-22-17(24(35)18(27(37)38)14-34(22)16-7-8-16)11-19(28)23(25)33-10-4-5-15(13-33)20(29)12-32-26(36)21(31)6-2-3-9-30;;/h11,14,16,21H,2-10,12-13,30-31H2,1H3,(H,32,36)(H,37,38);2*1H/b20-15+;;/t21-;;/m0../s1. The average molecular weight is 621 g/mol. The van der Waals surface area contributed by atoms with E-state index in [-0.39, 0.29) is 60.8 Å². The third-order valence-electron chi connectivity index (χ3n) is 7.28. The Morgan fingerprint density at radius 2 is 1.98 bits per heavy atom. The minimum Gasteiger partial charge on any atom is -0.492 e. The normalized spacial score (nSPS) is 16.9. The van der Waals surface area contributed by atoms with Crippen LogP contribution in [0.1, 0.15) is 61.3 Å². The summed E-state index contributed by atoms with van der Waals surface area (Å²) < 4.78 is 38.1. The van der Waals surface area contributed by atoms with E-state index < -0.39 is 40.6 Å². The van der Waals surface area contributed by atoms with Gasteiger partial charge in [-0.2, -0.15) is 0 Å². The maximum Gasteiger partial charge on any atom is 0.341 e. The number of aromatic carboxylic acids is 1. The summed E-state index contributed by atoms with van der Waals surface area (Å²) in [4.78, 5) is 38.5. The molecule has 0 spiro atoms. The second-order valence-corrected chi connectivity index (χ2v) is 10.1. The van der Waals surface area contributed by atoms with Crippen molar-refractivity contribution in [3.8, 4) is 5.75 Å². The van der Waals surface area contributed by atoms with Gasteiger partial charge < -0.3 is 36.1 Å². The average Bonchev–Trinajstić information content (AvgIpc) is 3.76. The molecular weight excluding hydrogens is 583 g/mol. The number of piperidine rings is 1. The lowest BCUT2D eigenvalue weighted by Gasteiger charge is -2.33. The molecule has 1 amide bonds. The molecule has 2 aromatic rings. The number of pyridine rings is 1. The summed E-state index contributed by atoms with van der Waals surface area (Å²) in [6.07, 6.45) is 5.75. The van der Waals surface area contributed by atoms with E-state index in [1.165, 1.54) is 13.3 Å². The van der Waals surface area contributed by atoms with Crippen molar-refractivity contribution in [2.75, 3.05) is 38.2 Å². The molecule has 1 saturated carbocycles. The number of carboxylic acids is 1. The van der Waals surface area contributed by atoms with Crippen molar-refractivity contribution < 1.29 is 28.2 Å². The van der Waals surface area contributed by atoms with E-state index in [1.54, 1.807) is 9.47 Å². The van der Waals surface area contributed by atoms with Crippen LogP contribution in [0.4, 0.5) is 14.5 Å². The molecule has 2 heterocycles. The number of ether oxygens (including phenoxy) is 1. The van der Waals surface area contributed by atoms with Crippen LogP contribution in [0.2, 0.25) is 0 Å². The number of fused-ring (bicyclic) bond motifs is 1. The molecule has 6 N–H and O–H groups in total. The summed E-state index contributed by atoms with van der Waals surface area (Å²) in [5.41, 5.74) is 10.9. The van der Waals surface area contributed by atoms with Crippen molar-refractivity contribution >= 4 is 53.3 Å². The number of nitrogens with one attached hydrogen (secondary N) is 1. The van der Waals surface area contributed by atoms with Crippen molar-refractivity contribution in [3.63, 3.8) is 0 Å². The molecular formula is C27H37Cl2F2N5O5. The highest BCUT2D eigenvalue weighted by Crippen LogP contribution is 2.44. The Labute approximate surface area is 248 Å². The van der Waals surface area contributed by atoms with Gasteiger partial charge in [0.15, 0.2) is 11.6 Å². The minimum absolute atomic E-state index is 0. The molecule has 2 aliphatic rings. The molecule has 1 aromatic carbocycles. The Balaban J connectivity index is 0.00000294. The Morgan fingerprint density at radius 1 is 1.27 bits per heavy atom. The Kier molecular flexibility index (Phi) is 12.4. The number of unbranched alkanes of at least 4 members (excludes halogenated alkanes) is 1. The number of hydrogen-bond donors (Lipinski definition) is 4. The number of aromatic nitrogens is 1. The minimum atomic E-state index is -1.38. The molecule has 4 rings (SSSR count). The van der Waals surface area contributed by atoms with Gasteiger partial charge in [-0.15, -0.1) is 24.8 Å². The fourth-order valence-electron chi connectivity index (χ4n) is 5.07. The number of halogens is 4. The number of anilines is 1. The highest BCUT2D eigenvalue weighted by Gasteiger charge is 2.32. The van der Waals surface area contributed by atoms with Crippen LogP contribution in [0, 0.1) is 5.82 Å². The van der Waals surface area contributed by atoms with Gasteiger partial charge in [-0.3, -0.25) is 9.59 Å². The van der Waals surface area contributed by atoms with Crippen molar-refractivity contribution in [2.45, 2.75) is 57.0 Å². The third-order valence-corrected chi connectivity index (χ3v) is 7.28. The summed E-state index contributed by atoms with van der Waals surface area (Å²) in [7, 11) is 1.36. The number of rotatable bonds is 11. The van der Waals surface area contributed by atoms with E-state index in [4.69, 9.17) is 16.2 Å². The van der Waals surface area contributed by atoms with E-state index in [0.29, 0.717) is 49.9 Å². The van der Waals surface area contributed by atoms with Gasteiger partial charge >= 0.3 is 5.97 Å². The Bertz CT molecular complexity index is 1370. The van der Waals surface area contributed by atoms with E-state index in [1.807, 2.05) is 0 Å². The van der Waals surface area contributed by atoms with Gasteiger partial charge in [-0.25, -0.2) is 13.6 Å². The van der Waals surface area contributed by atoms with Crippen molar-refractivity contribution in [2.24, 2.45) is 11.5 Å². The number of amides is 1. The summed E-state index contributed by atoms with van der Waals surface area (Å²) in [5, 5.41) is 12.0. The molecule has 228 valence electrons. The molecule has 0 bridgehead atoms. The number of nitrogens with two attached hydrogens (primary N) is 2.